The third-order valence-corrected chi connectivity index (χ3v) is 6.59. The number of carbonyl (C=O) groups excluding carboxylic acids is 1. The molecule has 0 radical (unpaired) electrons. The highest BCUT2D eigenvalue weighted by Crippen LogP contribution is 2.19. The lowest BCUT2D eigenvalue weighted by Crippen LogP contribution is -2.40. The van der Waals surface area contributed by atoms with E-state index in [1.165, 1.54) is 4.31 Å². The molecule has 3 rings (SSSR count). The van der Waals surface area contributed by atoms with E-state index >= 15 is 0 Å². The van der Waals surface area contributed by atoms with Crippen LogP contribution in [0.25, 0.3) is 0 Å². The molecule has 0 saturated carbocycles. The van der Waals surface area contributed by atoms with Gasteiger partial charge in [-0.25, -0.2) is 8.42 Å². The average Bonchev–Trinajstić information content (AvgIpc) is 2.73. The Bertz CT molecular complexity index is 861. The second kappa shape index (κ2) is 8.65. The average molecular weight is 388 g/mol. The molecule has 144 valence electrons. The molecule has 1 amide bonds. The van der Waals surface area contributed by atoms with Crippen molar-refractivity contribution in [2.24, 2.45) is 0 Å². The Labute approximate surface area is 160 Å². The van der Waals surface area contributed by atoms with Gasteiger partial charge < -0.3 is 9.64 Å². The van der Waals surface area contributed by atoms with Gasteiger partial charge in [0.15, 0.2) is 0 Å². The molecule has 0 aliphatic carbocycles. The van der Waals surface area contributed by atoms with E-state index in [2.05, 4.69) is 0 Å². The van der Waals surface area contributed by atoms with E-state index in [1.807, 2.05) is 30.3 Å². The number of sulfonamides is 1. The number of rotatable bonds is 6. The summed E-state index contributed by atoms with van der Waals surface area (Å²) in [6.07, 6.45) is 0.925. The van der Waals surface area contributed by atoms with Crippen LogP contribution in [0.5, 0.6) is 0 Å². The van der Waals surface area contributed by atoms with Gasteiger partial charge in [-0.1, -0.05) is 30.3 Å². The molecular formula is C20H24N2O4S. The number of carbonyl (C=O) groups is 1. The molecule has 0 spiro atoms. The molecule has 0 bridgehead atoms. The van der Waals surface area contributed by atoms with Gasteiger partial charge in [-0.3, -0.25) is 4.79 Å². The van der Waals surface area contributed by atoms with Crippen LogP contribution >= 0.6 is 0 Å². The minimum atomic E-state index is -3.48. The molecule has 1 aliphatic heterocycles. The van der Waals surface area contributed by atoms with Crippen molar-refractivity contribution in [3.05, 3.63) is 60.2 Å². The standard InChI is InChI=1S/C20H24N2O4S/c1-21(18-5-3-2-4-6-18)20(23)12-9-17-7-10-19(11-8-17)27(24,25)22-13-15-26-16-14-22/h2-8,10-11H,9,12-16H2,1H3. The number of hydrogen-bond donors (Lipinski definition) is 0. The van der Waals surface area contributed by atoms with Crippen LogP contribution in [0.4, 0.5) is 5.69 Å². The van der Waals surface area contributed by atoms with Gasteiger partial charge in [0.2, 0.25) is 15.9 Å². The highest BCUT2D eigenvalue weighted by atomic mass is 32.2. The van der Waals surface area contributed by atoms with Gasteiger partial charge >= 0.3 is 0 Å². The molecule has 7 heteroatoms. The van der Waals surface area contributed by atoms with Crippen LogP contribution in [0.3, 0.4) is 0 Å². The molecule has 2 aromatic rings. The fourth-order valence-corrected chi connectivity index (χ4v) is 4.39. The van der Waals surface area contributed by atoms with Crippen molar-refractivity contribution in [3.8, 4) is 0 Å². The Morgan fingerprint density at radius 1 is 1.04 bits per heavy atom. The summed E-state index contributed by atoms with van der Waals surface area (Å²) in [5.41, 5.74) is 1.79. The highest BCUT2D eigenvalue weighted by Gasteiger charge is 2.26. The predicted octanol–water partition coefficient (Wildman–Crippen LogP) is 2.30. The number of nitrogens with zero attached hydrogens (tertiary/aromatic N) is 2. The normalized spacial score (nSPS) is 15.4. The molecule has 0 unspecified atom stereocenters. The van der Waals surface area contributed by atoms with Crippen molar-refractivity contribution in [2.75, 3.05) is 38.3 Å². The summed E-state index contributed by atoms with van der Waals surface area (Å²) >= 11 is 0. The number of para-hydroxylation sites is 1. The summed E-state index contributed by atoms with van der Waals surface area (Å²) in [4.78, 5) is 14.3. The summed E-state index contributed by atoms with van der Waals surface area (Å²) in [7, 11) is -1.72. The Balaban J connectivity index is 1.60. The lowest BCUT2D eigenvalue weighted by atomic mass is 10.1. The monoisotopic (exact) mass is 388 g/mol. The van der Waals surface area contributed by atoms with Gasteiger partial charge in [-0.15, -0.1) is 0 Å². The second-order valence-electron chi connectivity index (χ2n) is 6.45. The molecule has 2 aromatic carbocycles. The molecule has 1 fully saturated rings. The summed E-state index contributed by atoms with van der Waals surface area (Å²) in [6.45, 7) is 1.61. The van der Waals surface area contributed by atoms with E-state index < -0.39 is 10.0 Å². The SMILES string of the molecule is CN(C(=O)CCc1ccc(S(=O)(=O)N2CCOCC2)cc1)c1ccccc1. The number of amides is 1. The molecule has 0 N–H and O–H groups in total. The maximum absolute atomic E-state index is 12.6. The Morgan fingerprint density at radius 2 is 1.67 bits per heavy atom. The first kappa shape index (κ1) is 19.5. The molecular weight excluding hydrogens is 364 g/mol. The maximum atomic E-state index is 12.6. The zero-order valence-corrected chi connectivity index (χ0v) is 16.2. The highest BCUT2D eigenvalue weighted by molar-refractivity contribution is 7.89. The fraction of sp³-hybridized carbons (Fsp3) is 0.350. The number of hydrogen-bond acceptors (Lipinski definition) is 4. The number of anilines is 1. The van der Waals surface area contributed by atoms with Crippen LogP contribution in [-0.2, 0) is 26.0 Å². The van der Waals surface area contributed by atoms with Crippen molar-refractivity contribution >= 4 is 21.6 Å². The largest absolute Gasteiger partial charge is 0.379 e. The van der Waals surface area contributed by atoms with Crippen LogP contribution in [0, 0.1) is 0 Å². The topological polar surface area (TPSA) is 66.9 Å². The van der Waals surface area contributed by atoms with Gasteiger partial charge in [0.25, 0.3) is 0 Å². The number of morpholine rings is 1. The number of ether oxygens (including phenoxy) is 1. The number of benzene rings is 2. The lowest BCUT2D eigenvalue weighted by Gasteiger charge is -2.26. The van der Waals surface area contributed by atoms with Crippen molar-refractivity contribution in [2.45, 2.75) is 17.7 Å². The molecule has 0 atom stereocenters. The smallest absolute Gasteiger partial charge is 0.243 e. The number of aryl methyl sites for hydroxylation is 1. The zero-order chi connectivity index (χ0) is 19.3. The van der Waals surface area contributed by atoms with Crippen molar-refractivity contribution < 1.29 is 17.9 Å². The quantitative estimate of drug-likeness (QED) is 0.762. The first-order valence-electron chi connectivity index (χ1n) is 8.97. The van der Waals surface area contributed by atoms with Crippen LogP contribution in [0.15, 0.2) is 59.5 Å². The van der Waals surface area contributed by atoms with E-state index in [1.54, 1.807) is 36.2 Å². The van der Waals surface area contributed by atoms with Crippen LogP contribution in [-0.4, -0.2) is 52.0 Å². The minimum Gasteiger partial charge on any atom is -0.379 e. The van der Waals surface area contributed by atoms with E-state index in [9.17, 15) is 13.2 Å². The first-order chi connectivity index (χ1) is 13.0. The van der Waals surface area contributed by atoms with Crippen LogP contribution in [0.1, 0.15) is 12.0 Å². The molecule has 1 heterocycles. The van der Waals surface area contributed by atoms with E-state index in [0.29, 0.717) is 39.1 Å². The van der Waals surface area contributed by atoms with Gasteiger partial charge in [-0.05, 0) is 36.2 Å². The second-order valence-corrected chi connectivity index (χ2v) is 8.39. The molecule has 6 nitrogen and oxygen atoms in total. The summed E-state index contributed by atoms with van der Waals surface area (Å²) < 4.78 is 31.9. The Hall–Kier alpha value is -2.22. The summed E-state index contributed by atoms with van der Waals surface area (Å²) in [6, 6.07) is 16.3. The van der Waals surface area contributed by atoms with Crippen molar-refractivity contribution in [1.82, 2.24) is 4.31 Å². The van der Waals surface area contributed by atoms with Gasteiger partial charge in [-0.2, -0.15) is 4.31 Å². The third-order valence-electron chi connectivity index (χ3n) is 4.68. The van der Waals surface area contributed by atoms with Crippen molar-refractivity contribution in [1.29, 1.82) is 0 Å². The van der Waals surface area contributed by atoms with Gasteiger partial charge in [0, 0.05) is 32.2 Å². The van der Waals surface area contributed by atoms with Crippen molar-refractivity contribution in [3.63, 3.8) is 0 Å². The third kappa shape index (κ3) is 4.74. The maximum Gasteiger partial charge on any atom is 0.243 e. The van der Waals surface area contributed by atoms with Gasteiger partial charge in [0.1, 0.15) is 0 Å². The Kier molecular flexibility index (Phi) is 6.26. The summed E-state index contributed by atoms with van der Waals surface area (Å²) in [5.74, 6) is 0.0196. The minimum absolute atomic E-state index is 0.0196. The lowest BCUT2D eigenvalue weighted by molar-refractivity contribution is -0.118. The van der Waals surface area contributed by atoms with Crippen LogP contribution < -0.4 is 4.90 Å². The fourth-order valence-electron chi connectivity index (χ4n) is 2.98. The van der Waals surface area contributed by atoms with Crippen LogP contribution in [0.2, 0.25) is 0 Å². The predicted molar refractivity (Wildman–Crippen MR) is 104 cm³/mol. The molecule has 1 aliphatic rings. The van der Waals surface area contributed by atoms with Gasteiger partial charge in [0.05, 0.1) is 18.1 Å². The van der Waals surface area contributed by atoms with E-state index in [-0.39, 0.29) is 10.8 Å². The summed E-state index contributed by atoms with van der Waals surface area (Å²) in [5, 5.41) is 0. The molecule has 0 aromatic heterocycles. The Morgan fingerprint density at radius 3 is 2.30 bits per heavy atom. The molecule has 27 heavy (non-hydrogen) atoms. The van der Waals surface area contributed by atoms with E-state index in [4.69, 9.17) is 4.74 Å². The molecule has 1 saturated heterocycles. The zero-order valence-electron chi connectivity index (χ0n) is 15.4. The van der Waals surface area contributed by atoms with E-state index in [0.717, 1.165) is 11.3 Å². The first-order valence-corrected chi connectivity index (χ1v) is 10.4.